The van der Waals surface area contributed by atoms with Crippen molar-refractivity contribution in [2.24, 2.45) is 0 Å². The number of fused-ring (bicyclic) bond motifs is 1. The number of amides is 3. The second kappa shape index (κ2) is 7.70. The van der Waals surface area contributed by atoms with E-state index in [9.17, 15) is 14.4 Å². The highest BCUT2D eigenvalue weighted by atomic mass is 79.9. The van der Waals surface area contributed by atoms with Crippen LogP contribution >= 0.6 is 27.5 Å². The van der Waals surface area contributed by atoms with E-state index in [1.807, 2.05) is 0 Å². The monoisotopic (exact) mass is 450 g/mol. The molecule has 1 unspecified atom stereocenters. The van der Waals surface area contributed by atoms with Gasteiger partial charge in [0, 0.05) is 21.6 Å². The Morgan fingerprint density at radius 2 is 1.89 bits per heavy atom. The summed E-state index contributed by atoms with van der Waals surface area (Å²) < 4.78 is 5.94. The summed E-state index contributed by atoms with van der Waals surface area (Å²) in [6.45, 7) is 1.67. The summed E-state index contributed by atoms with van der Waals surface area (Å²) in [6, 6.07) is 8.95. The van der Waals surface area contributed by atoms with E-state index in [1.54, 1.807) is 36.4 Å². The van der Waals surface area contributed by atoms with Gasteiger partial charge in [-0.1, -0.05) is 27.5 Å². The van der Waals surface area contributed by atoms with Gasteiger partial charge < -0.3 is 10.1 Å². The van der Waals surface area contributed by atoms with Crippen LogP contribution in [0.1, 0.15) is 33.2 Å². The van der Waals surface area contributed by atoms with Crippen molar-refractivity contribution in [2.75, 3.05) is 7.11 Å². The molecule has 6 nitrogen and oxygen atoms in total. The number of carbonyl (C=O) groups excluding carboxylic acids is 3. The van der Waals surface area contributed by atoms with Crippen LogP contribution in [-0.4, -0.2) is 35.8 Å². The van der Waals surface area contributed by atoms with E-state index >= 15 is 0 Å². The lowest BCUT2D eigenvalue weighted by molar-refractivity contribution is -0.124. The number of hydrogen-bond acceptors (Lipinski definition) is 4. The van der Waals surface area contributed by atoms with Gasteiger partial charge in [0.15, 0.2) is 0 Å². The van der Waals surface area contributed by atoms with Gasteiger partial charge in [0.1, 0.15) is 11.8 Å². The van der Waals surface area contributed by atoms with E-state index in [2.05, 4.69) is 21.2 Å². The summed E-state index contributed by atoms with van der Waals surface area (Å²) in [4.78, 5) is 38.7. The first-order valence-electron chi connectivity index (χ1n) is 8.11. The molecule has 8 heteroatoms. The van der Waals surface area contributed by atoms with E-state index in [1.165, 1.54) is 14.0 Å². The molecule has 2 aromatic carbocycles. The molecule has 3 amide bonds. The number of rotatable bonds is 5. The Morgan fingerprint density at radius 1 is 1.19 bits per heavy atom. The van der Waals surface area contributed by atoms with Crippen LogP contribution in [0.3, 0.4) is 0 Å². The van der Waals surface area contributed by atoms with Gasteiger partial charge in [-0.25, -0.2) is 0 Å². The smallest absolute Gasteiger partial charge is 0.262 e. The van der Waals surface area contributed by atoms with E-state index < -0.39 is 23.8 Å². The molecule has 1 heterocycles. The van der Waals surface area contributed by atoms with E-state index in [-0.39, 0.29) is 12.1 Å². The number of methoxy groups -OCH3 is 1. The maximum absolute atomic E-state index is 12.6. The van der Waals surface area contributed by atoms with Crippen molar-refractivity contribution in [3.8, 4) is 5.75 Å². The lowest BCUT2D eigenvalue weighted by Crippen LogP contribution is -2.47. The van der Waals surface area contributed by atoms with Crippen LogP contribution in [-0.2, 0) is 11.3 Å². The number of nitrogens with one attached hydrogen (secondary N) is 1. The third-order valence-electron chi connectivity index (χ3n) is 4.34. The Kier molecular flexibility index (Phi) is 5.53. The normalized spacial score (nSPS) is 14.1. The Balaban J connectivity index is 1.74. The summed E-state index contributed by atoms with van der Waals surface area (Å²) in [6.07, 6.45) is 0. The van der Waals surface area contributed by atoms with Crippen molar-refractivity contribution in [2.45, 2.75) is 19.5 Å². The lowest BCUT2D eigenvalue weighted by Gasteiger charge is -2.22. The molecule has 140 valence electrons. The number of halogens is 2. The molecule has 1 aliphatic heterocycles. The summed E-state index contributed by atoms with van der Waals surface area (Å²) in [5.74, 6) is -0.840. The van der Waals surface area contributed by atoms with Crippen molar-refractivity contribution in [3.63, 3.8) is 0 Å². The lowest BCUT2D eigenvalue weighted by atomic mass is 10.1. The zero-order valence-corrected chi connectivity index (χ0v) is 16.9. The predicted molar refractivity (Wildman–Crippen MR) is 104 cm³/mol. The van der Waals surface area contributed by atoms with Gasteiger partial charge in [-0.05, 0) is 43.3 Å². The Hall–Kier alpha value is -2.38. The molecule has 0 saturated heterocycles. The largest absolute Gasteiger partial charge is 0.496 e. The minimum absolute atomic E-state index is 0.154. The molecule has 1 aliphatic rings. The predicted octanol–water partition coefficient (Wildman–Crippen LogP) is 3.41. The van der Waals surface area contributed by atoms with Crippen LogP contribution in [0.25, 0.3) is 0 Å². The molecule has 0 radical (unpaired) electrons. The third-order valence-corrected chi connectivity index (χ3v) is 5.07. The standard InChI is InChI=1S/C19H16BrClN2O4/c1-10(17(24)22-9-11-7-13(21)4-6-16(11)27-2)23-18(25)14-5-3-12(20)8-15(14)19(23)26/h3-8,10H,9H2,1-2H3,(H,22,24). The number of imide groups is 1. The van der Waals surface area contributed by atoms with Crippen molar-refractivity contribution >= 4 is 45.3 Å². The molecule has 0 saturated carbocycles. The van der Waals surface area contributed by atoms with Gasteiger partial charge in [0.2, 0.25) is 5.91 Å². The Bertz CT molecular complexity index is 947. The van der Waals surface area contributed by atoms with Gasteiger partial charge in [-0.3, -0.25) is 19.3 Å². The molecule has 0 aromatic heterocycles. The summed E-state index contributed by atoms with van der Waals surface area (Å²) in [5.41, 5.74) is 1.27. The van der Waals surface area contributed by atoms with Crippen LogP contribution in [0.5, 0.6) is 5.75 Å². The summed E-state index contributed by atoms with van der Waals surface area (Å²) in [5, 5.41) is 3.24. The molecule has 3 rings (SSSR count). The van der Waals surface area contributed by atoms with Crippen molar-refractivity contribution in [3.05, 3.63) is 62.6 Å². The number of benzene rings is 2. The van der Waals surface area contributed by atoms with Crippen molar-refractivity contribution < 1.29 is 19.1 Å². The van der Waals surface area contributed by atoms with E-state index in [0.29, 0.717) is 26.4 Å². The SMILES string of the molecule is COc1ccc(Cl)cc1CNC(=O)C(C)N1C(=O)c2ccc(Br)cc2C1=O. The average molecular weight is 452 g/mol. The zero-order chi connectivity index (χ0) is 19.7. The first-order chi connectivity index (χ1) is 12.8. The fourth-order valence-electron chi connectivity index (χ4n) is 2.92. The minimum atomic E-state index is -0.957. The molecule has 0 bridgehead atoms. The van der Waals surface area contributed by atoms with Gasteiger partial charge in [-0.15, -0.1) is 0 Å². The molecule has 27 heavy (non-hydrogen) atoms. The quantitative estimate of drug-likeness (QED) is 0.707. The number of carbonyl (C=O) groups is 3. The Morgan fingerprint density at radius 3 is 2.59 bits per heavy atom. The highest BCUT2D eigenvalue weighted by Gasteiger charge is 2.40. The molecule has 0 spiro atoms. The highest BCUT2D eigenvalue weighted by Crippen LogP contribution is 2.28. The summed E-state index contributed by atoms with van der Waals surface area (Å²) >= 11 is 9.27. The second-order valence-electron chi connectivity index (χ2n) is 6.02. The second-order valence-corrected chi connectivity index (χ2v) is 7.37. The molecule has 2 aromatic rings. The number of nitrogens with zero attached hydrogens (tertiary/aromatic N) is 1. The van der Waals surface area contributed by atoms with Crippen molar-refractivity contribution in [1.29, 1.82) is 0 Å². The highest BCUT2D eigenvalue weighted by molar-refractivity contribution is 9.10. The van der Waals surface area contributed by atoms with E-state index in [4.69, 9.17) is 16.3 Å². The third kappa shape index (κ3) is 3.70. The summed E-state index contributed by atoms with van der Waals surface area (Å²) in [7, 11) is 1.52. The zero-order valence-electron chi connectivity index (χ0n) is 14.6. The first-order valence-corrected chi connectivity index (χ1v) is 9.28. The fraction of sp³-hybridized carbons (Fsp3) is 0.211. The molecule has 1 N–H and O–H groups in total. The average Bonchev–Trinajstić information content (AvgIpc) is 2.89. The maximum atomic E-state index is 12.6. The van der Waals surface area contributed by atoms with Gasteiger partial charge >= 0.3 is 0 Å². The van der Waals surface area contributed by atoms with Gasteiger partial charge in [0.05, 0.1) is 18.2 Å². The molecule has 1 atom stereocenters. The van der Waals surface area contributed by atoms with E-state index in [0.717, 1.165) is 4.90 Å². The molecule has 0 aliphatic carbocycles. The van der Waals surface area contributed by atoms with Crippen LogP contribution in [0.4, 0.5) is 0 Å². The van der Waals surface area contributed by atoms with Crippen molar-refractivity contribution in [1.82, 2.24) is 10.2 Å². The number of hydrogen-bond donors (Lipinski definition) is 1. The minimum Gasteiger partial charge on any atom is -0.496 e. The Labute approximate surface area is 169 Å². The molecule has 0 fully saturated rings. The van der Waals surface area contributed by atoms with Gasteiger partial charge in [-0.2, -0.15) is 0 Å². The van der Waals surface area contributed by atoms with Crippen LogP contribution in [0.2, 0.25) is 5.02 Å². The topological polar surface area (TPSA) is 75.7 Å². The van der Waals surface area contributed by atoms with Crippen LogP contribution in [0.15, 0.2) is 40.9 Å². The van der Waals surface area contributed by atoms with Crippen LogP contribution < -0.4 is 10.1 Å². The molecular formula is C19H16BrClN2O4. The fourth-order valence-corrected chi connectivity index (χ4v) is 3.47. The van der Waals surface area contributed by atoms with Crippen LogP contribution in [0, 0.1) is 0 Å². The maximum Gasteiger partial charge on any atom is 0.262 e. The number of ether oxygens (including phenoxy) is 1. The van der Waals surface area contributed by atoms with Gasteiger partial charge in [0.25, 0.3) is 11.8 Å². The molecular weight excluding hydrogens is 436 g/mol. The first kappa shape index (κ1) is 19.4.